The first-order chi connectivity index (χ1) is 8.83. The van der Waals surface area contributed by atoms with Gasteiger partial charge in [-0.15, -0.1) is 0 Å². The van der Waals surface area contributed by atoms with Crippen LogP contribution in [0, 0.1) is 0 Å². The van der Waals surface area contributed by atoms with Gasteiger partial charge in [0.2, 0.25) is 0 Å². The molecular weight excluding hydrogens is 224 g/mol. The van der Waals surface area contributed by atoms with Crippen LogP contribution in [0.15, 0.2) is 54.6 Å². The molecule has 92 valence electrons. The minimum atomic E-state index is 0.107. The fraction of sp³-hybridized carbons (Fsp3) is 0.188. The Bertz CT molecular complexity index is 524. The van der Waals surface area contributed by atoms with Crippen molar-refractivity contribution in [3.05, 3.63) is 65.8 Å². The number of carbonyl (C=O) groups is 1. The zero-order valence-corrected chi connectivity index (χ0v) is 10.4. The minimum Gasteiger partial charge on any atom is -0.467 e. The summed E-state index contributed by atoms with van der Waals surface area (Å²) in [6.45, 7) is 6.74. The second kappa shape index (κ2) is 5.50. The number of benzene rings is 1. The van der Waals surface area contributed by atoms with Gasteiger partial charge in [-0.25, -0.2) is 0 Å². The van der Waals surface area contributed by atoms with Crippen LogP contribution in [-0.4, -0.2) is 13.1 Å². The summed E-state index contributed by atoms with van der Waals surface area (Å²) >= 11 is 0. The number of rotatable bonds is 5. The van der Waals surface area contributed by atoms with E-state index in [-0.39, 0.29) is 5.92 Å². The van der Waals surface area contributed by atoms with E-state index < -0.39 is 0 Å². The van der Waals surface area contributed by atoms with Gasteiger partial charge in [0.1, 0.15) is 6.61 Å². The lowest BCUT2D eigenvalue weighted by Crippen LogP contribution is -2.06. The summed E-state index contributed by atoms with van der Waals surface area (Å²) in [7, 11) is 0. The average Bonchev–Trinajstić information content (AvgIpc) is 2.70. The third kappa shape index (κ3) is 2.02. The third-order valence-electron chi connectivity index (χ3n) is 3.19. The van der Waals surface area contributed by atoms with Gasteiger partial charge in [0.05, 0.1) is 0 Å². The highest BCUT2D eigenvalue weighted by atomic mass is 16.5. The molecule has 0 spiro atoms. The van der Waals surface area contributed by atoms with Gasteiger partial charge in [0.25, 0.3) is 6.47 Å². The molecular formula is C16H16O2. The monoisotopic (exact) mass is 240 g/mol. The van der Waals surface area contributed by atoms with Crippen LogP contribution in [-0.2, 0) is 9.53 Å². The first-order valence-electron chi connectivity index (χ1n) is 5.97. The van der Waals surface area contributed by atoms with Gasteiger partial charge in [-0.2, -0.15) is 0 Å². The van der Waals surface area contributed by atoms with Gasteiger partial charge >= 0.3 is 0 Å². The molecule has 0 radical (unpaired) electrons. The van der Waals surface area contributed by atoms with Crippen molar-refractivity contribution in [2.75, 3.05) is 6.61 Å². The van der Waals surface area contributed by atoms with Gasteiger partial charge in [-0.3, -0.25) is 4.79 Å². The minimum absolute atomic E-state index is 0.107. The van der Waals surface area contributed by atoms with Crippen LogP contribution in [0.2, 0.25) is 0 Å². The molecule has 2 nitrogen and oxygen atoms in total. The highest BCUT2D eigenvalue weighted by Crippen LogP contribution is 2.42. The maximum Gasteiger partial charge on any atom is 0.293 e. The van der Waals surface area contributed by atoms with E-state index in [1.165, 1.54) is 11.1 Å². The molecule has 0 aromatic heterocycles. The summed E-state index contributed by atoms with van der Waals surface area (Å²) in [4.78, 5) is 10.4. The molecule has 0 bridgehead atoms. The van der Waals surface area contributed by atoms with Gasteiger partial charge in [-0.05, 0) is 29.2 Å². The van der Waals surface area contributed by atoms with Crippen molar-refractivity contribution >= 4 is 12.0 Å². The molecule has 0 saturated carbocycles. The van der Waals surface area contributed by atoms with Crippen LogP contribution in [0.5, 0.6) is 0 Å². The molecule has 0 amide bonds. The Morgan fingerprint density at radius 1 is 1.39 bits per heavy atom. The topological polar surface area (TPSA) is 26.3 Å². The molecule has 1 unspecified atom stereocenters. The lowest BCUT2D eigenvalue weighted by Gasteiger charge is -2.13. The van der Waals surface area contributed by atoms with Gasteiger partial charge in [0, 0.05) is 5.92 Å². The van der Waals surface area contributed by atoms with Crippen molar-refractivity contribution < 1.29 is 9.53 Å². The molecule has 1 aromatic rings. The van der Waals surface area contributed by atoms with Crippen LogP contribution in [0.4, 0.5) is 0 Å². The van der Waals surface area contributed by atoms with Crippen LogP contribution in [0.3, 0.4) is 0 Å². The normalized spacial score (nSPS) is 17.9. The first-order valence-corrected chi connectivity index (χ1v) is 5.97. The van der Waals surface area contributed by atoms with Crippen molar-refractivity contribution in [3.63, 3.8) is 0 Å². The molecule has 0 heterocycles. The highest BCUT2D eigenvalue weighted by molar-refractivity contribution is 5.86. The summed E-state index contributed by atoms with van der Waals surface area (Å²) in [5.41, 5.74) is 4.67. The van der Waals surface area contributed by atoms with Crippen LogP contribution in [0.1, 0.15) is 24.0 Å². The van der Waals surface area contributed by atoms with E-state index in [4.69, 9.17) is 4.74 Å². The zero-order chi connectivity index (χ0) is 13.0. The summed E-state index contributed by atoms with van der Waals surface area (Å²) < 4.78 is 4.96. The van der Waals surface area contributed by atoms with E-state index in [0.29, 0.717) is 13.1 Å². The van der Waals surface area contributed by atoms with Crippen molar-refractivity contribution in [1.82, 2.24) is 0 Å². The quantitative estimate of drug-likeness (QED) is 0.737. The van der Waals surface area contributed by atoms with Gasteiger partial charge in [-0.1, -0.05) is 49.1 Å². The molecule has 2 heteroatoms. The van der Waals surface area contributed by atoms with Crippen molar-refractivity contribution in [2.24, 2.45) is 0 Å². The lowest BCUT2D eigenvalue weighted by atomic mass is 9.96. The van der Waals surface area contributed by atoms with Crippen molar-refractivity contribution in [2.45, 2.75) is 12.8 Å². The number of hydrogen-bond acceptors (Lipinski definition) is 2. The molecule has 1 aromatic carbocycles. The molecule has 2 rings (SSSR count). The van der Waals surface area contributed by atoms with E-state index in [1.807, 2.05) is 31.2 Å². The molecule has 18 heavy (non-hydrogen) atoms. The summed E-state index contributed by atoms with van der Waals surface area (Å²) in [6, 6.07) is 8.18. The summed E-state index contributed by atoms with van der Waals surface area (Å²) in [5, 5.41) is 0. The maximum absolute atomic E-state index is 10.4. The number of fused-ring (bicyclic) bond motifs is 1. The van der Waals surface area contributed by atoms with Crippen LogP contribution >= 0.6 is 0 Å². The average molecular weight is 240 g/mol. The van der Waals surface area contributed by atoms with E-state index in [1.54, 1.807) is 0 Å². The molecule has 1 aliphatic rings. The van der Waals surface area contributed by atoms with Crippen molar-refractivity contribution in [1.29, 1.82) is 0 Å². The largest absolute Gasteiger partial charge is 0.467 e. The SMILES string of the molecule is C=CC1=C(/C=C\C)C(COC=O)c2ccccc21. The number of allylic oxidation sites excluding steroid dienone is 4. The van der Waals surface area contributed by atoms with E-state index in [0.717, 1.165) is 11.1 Å². The molecule has 1 atom stereocenters. The zero-order valence-electron chi connectivity index (χ0n) is 10.4. The third-order valence-corrected chi connectivity index (χ3v) is 3.19. The summed E-state index contributed by atoms with van der Waals surface area (Å²) in [5.74, 6) is 0.107. The number of carbonyl (C=O) groups excluding carboxylic acids is 1. The van der Waals surface area contributed by atoms with Crippen LogP contribution < -0.4 is 0 Å². The van der Waals surface area contributed by atoms with Gasteiger partial charge in [0.15, 0.2) is 0 Å². The Hall–Kier alpha value is -2.09. The van der Waals surface area contributed by atoms with E-state index in [9.17, 15) is 4.79 Å². The fourth-order valence-electron chi connectivity index (χ4n) is 2.49. The van der Waals surface area contributed by atoms with E-state index in [2.05, 4.69) is 24.8 Å². The molecule has 0 aliphatic heterocycles. The molecule has 0 fully saturated rings. The smallest absolute Gasteiger partial charge is 0.293 e. The Balaban J connectivity index is 2.51. The maximum atomic E-state index is 10.4. The second-order valence-corrected chi connectivity index (χ2v) is 4.14. The van der Waals surface area contributed by atoms with Gasteiger partial charge < -0.3 is 4.74 Å². The molecule has 1 aliphatic carbocycles. The highest BCUT2D eigenvalue weighted by Gasteiger charge is 2.28. The van der Waals surface area contributed by atoms with Crippen LogP contribution in [0.25, 0.3) is 5.57 Å². The predicted molar refractivity (Wildman–Crippen MR) is 73.1 cm³/mol. The second-order valence-electron chi connectivity index (χ2n) is 4.14. The number of ether oxygens (including phenoxy) is 1. The standard InChI is InChI=1S/C16H16O2/c1-3-7-13-12(4-2)14-8-5-6-9-15(14)16(13)10-18-11-17/h3-9,11,16H,2,10H2,1H3/b7-3-. The lowest BCUT2D eigenvalue weighted by molar-refractivity contribution is -0.128. The Morgan fingerprint density at radius 2 is 2.17 bits per heavy atom. The predicted octanol–water partition coefficient (Wildman–Crippen LogP) is 3.47. The fourth-order valence-corrected chi connectivity index (χ4v) is 2.49. The Morgan fingerprint density at radius 3 is 2.83 bits per heavy atom. The Labute approximate surface area is 107 Å². The van der Waals surface area contributed by atoms with E-state index >= 15 is 0 Å². The van der Waals surface area contributed by atoms with Crippen molar-refractivity contribution in [3.8, 4) is 0 Å². The molecule has 0 N–H and O–H groups in total. The summed E-state index contributed by atoms with van der Waals surface area (Å²) in [6.07, 6.45) is 5.93. The first kappa shape index (κ1) is 12.4. The number of hydrogen-bond donors (Lipinski definition) is 0. The Kier molecular flexibility index (Phi) is 3.78. The molecule has 0 saturated heterocycles.